The van der Waals surface area contributed by atoms with Crippen LogP contribution in [0.15, 0.2) is 18.2 Å². The molecule has 1 aromatic carbocycles. The Morgan fingerprint density at radius 2 is 2.06 bits per heavy atom. The Morgan fingerprint density at radius 3 is 2.62 bits per heavy atom. The fourth-order valence-corrected chi connectivity index (χ4v) is 1.57. The summed E-state index contributed by atoms with van der Waals surface area (Å²) in [5, 5.41) is 0. The average molecular weight is 224 g/mol. The van der Waals surface area contributed by atoms with Crippen molar-refractivity contribution in [3.8, 4) is 5.75 Å². The number of methoxy groups -OCH3 is 2. The van der Waals surface area contributed by atoms with E-state index in [1.165, 1.54) is 0 Å². The molecule has 4 nitrogen and oxygen atoms in total. The van der Waals surface area contributed by atoms with E-state index in [0.29, 0.717) is 0 Å². The van der Waals surface area contributed by atoms with E-state index in [4.69, 9.17) is 15.2 Å². The van der Waals surface area contributed by atoms with Crippen LogP contribution in [0.1, 0.15) is 6.42 Å². The third kappa shape index (κ3) is 3.31. The summed E-state index contributed by atoms with van der Waals surface area (Å²) in [6, 6.07) is 5.72. The molecule has 0 aliphatic rings. The van der Waals surface area contributed by atoms with Gasteiger partial charge in [0.15, 0.2) is 0 Å². The Labute approximate surface area is 96.9 Å². The number of nitrogens with zero attached hydrogens (tertiary/aromatic N) is 1. The van der Waals surface area contributed by atoms with Crippen LogP contribution in [0.5, 0.6) is 5.75 Å². The molecule has 0 unspecified atom stereocenters. The van der Waals surface area contributed by atoms with Crippen molar-refractivity contribution in [3.63, 3.8) is 0 Å². The van der Waals surface area contributed by atoms with Crippen molar-refractivity contribution < 1.29 is 9.47 Å². The van der Waals surface area contributed by atoms with Crippen LogP contribution in [0.3, 0.4) is 0 Å². The molecule has 0 heterocycles. The highest BCUT2D eigenvalue weighted by molar-refractivity contribution is 5.69. The summed E-state index contributed by atoms with van der Waals surface area (Å²) in [6.45, 7) is 1.69. The van der Waals surface area contributed by atoms with Crippen LogP contribution in [0.2, 0.25) is 0 Å². The van der Waals surface area contributed by atoms with Crippen LogP contribution in [-0.2, 0) is 4.74 Å². The highest BCUT2D eigenvalue weighted by Crippen LogP contribution is 2.26. The SMILES string of the molecule is COCCCN(C)c1ccc(OC)cc1N. The fourth-order valence-electron chi connectivity index (χ4n) is 1.57. The molecular weight excluding hydrogens is 204 g/mol. The lowest BCUT2D eigenvalue weighted by Gasteiger charge is -2.21. The number of nitrogen functional groups attached to an aromatic ring is 1. The summed E-state index contributed by atoms with van der Waals surface area (Å²) < 4.78 is 10.1. The minimum absolute atomic E-state index is 0.735. The van der Waals surface area contributed by atoms with Gasteiger partial charge in [0.05, 0.1) is 18.5 Å². The van der Waals surface area contributed by atoms with Crippen LogP contribution in [0, 0.1) is 0 Å². The first-order valence-electron chi connectivity index (χ1n) is 5.32. The minimum atomic E-state index is 0.735. The van der Waals surface area contributed by atoms with Crippen LogP contribution in [-0.4, -0.2) is 34.4 Å². The molecule has 90 valence electrons. The summed E-state index contributed by atoms with van der Waals surface area (Å²) in [5.74, 6) is 0.784. The summed E-state index contributed by atoms with van der Waals surface area (Å²) in [6.07, 6.45) is 0.985. The van der Waals surface area contributed by atoms with Crippen LogP contribution in [0.25, 0.3) is 0 Å². The first kappa shape index (κ1) is 12.6. The molecule has 0 spiro atoms. The van der Waals surface area contributed by atoms with Crippen molar-refractivity contribution in [2.45, 2.75) is 6.42 Å². The van der Waals surface area contributed by atoms with E-state index < -0.39 is 0 Å². The van der Waals surface area contributed by atoms with E-state index in [-0.39, 0.29) is 0 Å². The number of ether oxygens (including phenoxy) is 2. The first-order chi connectivity index (χ1) is 7.69. The smallest absolute Gasteiger partial charge is 0.121 e. The molecule has 1 rings (SSSR count). The zero-order chi connectivity index (χ0) is 12.0. The van der Waals surface area contributed by atoms with Gasteiger partial charge >= 0.3 is 0 Å². The van der Waals surface area contributed by atoms with Crippen molar-refractivity contribution in [2.75, 3.05) is 45.1 Å². The molecule has 0 aromatic heterocycles. The largest absolute Gasteiger partial charge is 0.497 e. The van der Waals surface area contributed by atoms with E-state index >= 15 is 0 Å². The van der Waals surface area contributed by atoms with Gasteiger partial charge in [-0.15, -0.1) is 0 Å². The normalized spacial score (nSPS) is 10.2. The molecule has 0 radical (unpaired) electrons. The van der Waals surface area contributed by atoms with E-state index in [1.54, 1.807) is 14.2 Å². The summed E-state index contributed by atoms with van der Waals surface area (Å²) in [4.78, 5) is 2.12. The molecule has 0 aliphatic carbocycles. The number of nitrogens with two attached hydrogens (primary N) is 1. The van der Waals surface area contributed by atoms with Crippen molar-refractivity contribution in [2.24, 2.45) is 0 Å². The van der Waals surface area contributed by atoms with E-state index in [1.807, 2.05) is 25.2 Å². The van der Waals surface area contributed by atoms with Gasteiger partial charge in [-0.05, 0) is 18.6 Å². The van der Waals surface area contributed by atoms with Crippen molar-refractivity contribution in [1.29, 1.82) is 0 Å². The van der Waals surface area contributed by atoms with Crippen LogP contribution >= 0.6 is 0 Å². The van der Waals surface area contributed by atoms with Gasteiger partial charge in [0.25, 0.3) is 0 Å². The standard InChI is InChI=1S/C12H20N2O2/c1-14(7-4-8-15-2)12-6-5-10(16-3)9-11(12)13/h5-6,9H,4,7-8,13H2,1-3H3. The lowest BCUT2D eigenvalue weighted by molar-refractivity contribution is 0.196. The van der Waals surface area contributed by atoms with Crippen LogP contribution in [0.4, 0.5) is 11.4 Å². The molecule has 16 heavy (non-hydrogen) atoms. The van der Waals surface area contributed by atoms with Gasteiger partial charge in [-0.1, -0.05) is 0 Å². The monoisotopic (exact) mass is 224 g/mol. The number of hydrogen-bond acceptors (Lipinski definition) is 4. The molecule has 0 amide bonds. The molecule has 2 N–H and O–H groups in total. The van der Waals surface area contributed by atoms with Gasteiger partial charge in [-0.25, -0.2) is 0 Å². The van der Waals surface area contributed by atoms with Gasteiger partial charge < -0.3 is 20.1 Å². The van der Waals surface area contributed by atoms with Crippen molar-refractivity contribution in [3.05, 3.63) is 18.2 Å². The molecule has 1 aromatic rings. The number of benzene rings is 1. The fraction of sp³-hybridized carbons (Fsp3) is 0.500. The molecule has 0 fully saturated rings. The predicted molar refractivity (Wildman–Crippen MR) is 67.2 cm³/mol. The highest BCUT2D eigenvalue weighted by atomic mass is 16.5. The molecular formula is C12H20N2O2. The second kappa shape index (κ2) is 6.23. The molecule has 4 heteroatoms. The molecule has 0 aliphatic heterocycles. The quantitative estimate of drug-likeness (QED) is 0.590. The summed E-state index contributed by atoms with van der Waals surface area (Å²) >= 11 is 0. The van der Waals surface area contributed by atoms with E-state index in [2.05, 4.69) is 4.90 Å². The Morgan fingerprint density at radius 1 is 1.31 bits per heavy atom. The third-order valence-electron chi connectivity index (χ3n) is 2.49. The number of hydrogen-bond donors (Lipinski definition) is 1. The van der Waals surface area contributed by atoms with Crippen molar-refractivity contribution in [1.82, 2.24) is 0 Å². The molecule has 0 saturated carbocycles. The molecule has 0 saturated heterocycles. The number of anilines is 2. The summed E-state index contributed by atoms with van der Waals surface area (Å²) in [5.41, 5.74) is 7.71. The maximum atomic E-state index is 5.95. The topological polar surface area (TPSA) is 47.7 Å². The van der Waals surface area contributed by atoms with Crippen molar-refractivity contribution >= 4 is 11.4 Å². The predicted octanol–water partition coefficient (Wildman–Crippen LogP) is 1.75. The molecule has 0 atom stereocenters. The zero-order valence-electron chi connectivity index (χ0n) is 10.2. The lowest BCUT2D eigenvalue weighted by atomic mass is 10.2. The van der Waals surface area contributed by atoms with Gasteiger partial charge in [0.2, 0.25) is 0 Å². The van der Waals surface area contributed by atoms with Crippen LogP contribution < -0.4 is 15.4 Å². The minimum Gasteiger partial charge on any atom is -0.497 e. The average Bonchev–Trinajstić information content (AvgIpc) is 2.29. The van der Waals surface area contributed by atoms with Gasteiger partial charge in [-0.3, -0.25) is 0 Å². The second-order valence-electron chi connectivity index (χ2n) is 3.69. The van der Waals surface area contributed by atoms with Gasteiger partial charge in [-0.2, -0.15) is 0 Å². The van der Waals surface area contributed by atoms with Gasteiger partial charge in [0, 0.05) is 33.4 Å². The highest BCUT2D eigenvalue weighted by Gasteiger charge is 2.05. The summed E-state index contributed by atoms with van der Waals surface area (Å²) in [7, 11) is 5.37. The Hall–Kier alpha value is -1.42. The Bertz CT molecular complexity index is 329. The number of rotatable bonds is 6. The van der Waals surface area contributed by atoms with E-state index in [9.17, 15) is 0 Å². The van der Waals surface area contributed by atoms with Gasteiger partial charge in [0.1, 0.15) is 5.75 Å². The van der Waals surface area contributed by atoms with E-state index in [0.717, 1.165) is 36.7 Å². The maximum absolute atomic E-state index is 5.95. The zero-order valence-corrected chi connectivity index (χ0v) is 10.2. The maximum Gasteiger partial charge on any atom is 0.121 e. The molecule has 0 bridgehead atoms. The Kier molecular flexibility index (Phi) is 4.92. The Balaban J connectivity index is 2.64. The lowest BCUT2D eigenvalue weighted by Crippen LogP contribution is -2.20. The third-order valence-corrected chi connectivity index (χ3v) is 2.49. The first-order valence-corrected chi connectivity index (χ1v) is 5.32. The second-order valence-corrected chi connectivity index (χ2v) is 3.69.